The monoisotopic (exact) mass is 310 g/mol. The van der Waals surface area contributed by atoms with E-state index < -0.39 is 18.1 Å². The minimum Gasteiger partial charge on any atom is -0.480 e. The molecule has 1 aliphatic rings. The van der Waals surface area contributed by atoms with E-state index in [9.17, 15) is 14.7 Å². The molecule has 3 unspecified atom stereocenters. The quantitative estimate of drug-likeness (QED) is 0.873. The lowest BCUT2D eigenvalue weighted by atomic mass is 9.98. The third-order valence-electron chi connectivity index (χ3n) is 4.12. The first-order valence-corrected chi connectivity index (χ1v) is 8.18. The first-order chi connectivity index (χ1) is 9.95. The molecule has 116 valence electrons. The number of aliphatic carboxylic acids is 1. The highest BCUT2D eigenvalue weighted by atomic mass is 32.1. The zero-order valence-electron chi connectivity index (χ0n) is 12.6. The summed E-state index contributed by atoms with van der Waals surface area (Å²) in [4.78, 5) is 26.9. The van der Waals surface area contributed by atoms with Crippen molar-refractivity contribution in [1.82, 2.24) is 10.2 Å². The van der Waals surface area contributed by atoms with E-state index in [-0.39, 0.29) is 11.9 Å². The lowest BCUT2D eigenvalue weighted by molar-refractivity contribution is -0.146. The summed E-state index contributed by atoms with van der Waals surface area (Å²) < 4.78 is 0. The standard InChI is InChI=1S/C15H22N2O3S/c1-4-9(2)16-14(18)10(3)17-7-5-12-11(6-8-21-12)13(17)15(19)20/h6,8-10,13H,4-5,7H2,1-3H3,(H,16,18)(H,19,20). The highest BCUT2D eigenvalue weighted by molar-refractivity contribution is 7.10. The van der Waals surface area contributed by atoms with Crippen LogP contribution in [0, 0.1) is 0 Å². The molecule has 0 bridgehead atoms. The third kappa shape index (κ3) is 3.27. The van der Waals surface area contributed by atoms with Crippen LogP contribution in [0.4, 0.5) is 0 Å². The number of amides is 1. The molecule has 0 aliphatic carbocycles. The van der Waals surface area contributed by atoms with Crippen molar-refractivity contribution in [3.05, 3.63) is 21.9 Å². The van der Waals surface area contributed by atoms with Crippen LogP contribution < -0.4 is 5.32 Å². The molecule has 3 atom stereocenters. The molecule has 2 N–H and O–H groups in total. The molecule has 1 aromatic heterocycles. The highest BCUT2D eigenvalue weighted by Crippen LogP contribution is 2.34. The minimum absolute atomic E-state index is 0.102. The average Bonchev–Trinajstić information content (AvgIpc) is 2.92. The molecular formula is C15H22N2O3S. The maximum atomic E-state index is 12.3. The molecule has 0 aromatic carbocycles. The number of thiophene rings is 1. The lowest BCUT2D eigenvalue weighted by Crippen LogP contribution is -2.52. The number of carboxylic acid groups (broad SMARTS) is 1. The second-order valence-electron chi connectivity index (χ2n) is 5.52. The predicted octanol–water partition coefficient (Wildman–Crippen LogP) is 2.04. The van der Waals surface area contributed by atoms with Gasteiger partial charge in [0.15, 0.2) is 0 Å². The van der Waals surface area contributed by atoms with Gasteiger partial charge in [-0.25, -0.2) is 0 Å². The van der Waals surface area contributed by atoms with Gasteiger partial charge in [0, 0.05) is 17.5 Å². The third-order valence-corrected chi connectivity index (χ3v) is 5.11. The smallest absolute Gasteiger partial charge is 0.325 e. The summed E-state index contributed by atoms with van der Waals surface area (Å²) >= 11 is 1.59. The van der Waals surface area contributed by atoms with Gasteiger partial charge in [0.05, 0.1) is 6.04 Å². The summed E-state index contributed by atoms with van der Waals surface area (Å²) in [6.07, 6.45) is 1.66. The zero-order valence-corrected chi connectivity index (χ0v) is 13.4. The summed E-state index contributed by atoms with van der Waals surface area (Å²) in [6, 6.07) is 0.792. The molecular weight excluding hydrogens is 288 g/mol. The number of nitrogens with zero attached hydrogens (tertiary/aromatic N) is 1. The van der Waals surface area contributed by atoms with Crippen molar-refractivity contribution in [1.29, 1.82) is 0 Å². The Kier molecular flexibility index (Phi) is 5.00. The van der Waals surface area contributed by atoms with Gasteiger partial charge >= 0.3 is 5.97 Å². The van der Waals surface area contributed by atoms with Crippen LogP contribution in [0.5, 0.6) is 0 Å². The summed E-state index contributed by atoms with van der Waals surface area (Å²) in [7, 11) is 0. The summed E-state index contributed by atoms with van der Waals surface area (Å²) in [5.41, 5.74) is 0.835. The number of carbonyl (C=O) groups is 2. The van der Waals surface area contributed by atoms with E-state index in [1.807, 2.05) is 25.3 Å². The molecule has 6 heteroatoms. The first-order valence-electron chi connectivity index (χ1n) is 7.30. The Morgan fingerprint density at radius 2 is 2.24 bits per heavy atom. The second kappa shape index (κ2) is 6.58. The highest BCUT2D eigenvalue weighted by Gasteiger charge is 2.38. The molecule has 0 saturated heterocycles. The van der Waals surface area contributed by atoms with Gasteiger partial charge in [0.2, 0.25) is 5.91 Å². The molecule has 2 rings (SSSR count). The van der Waals surface area contributed by atoms with E-state index in [0.717, 1.165) is 23.3 Å². The van der Waals surface area contributed by atoms with Crippen LogP contribution in [0.3, 0.4) is 0 Å². The number of carbonyl (C=O) groups excluding carboxylic acids is 1. The van der Waals surface area contributed by atoms with Crippen LogP contribution in [0.2, 0.25) is 0 Å². The van der Waals surface area contributed by atoms with Gasteiger partial charge in [-0.15, -0.1) is 11.3 Å². The Hall–Kier alpha value is -1.40. The Morgan fingerprint density at radius 1 is 1.52 bits per heavy atom. The average molecular weight is 310 g/mol. The molecule has 2 heterocycles. The maximum Gasteiger partial charge on any atom is 0.325 e. The van der Waals surface area contributed by atoms with E-state index in [1.54, 1.807) is 23.2 Å². The molecule has 21 heavy (non-hydrogen) atoms. The van der Waals surface area contributed by atoms with E-state index in [2.05, 4.69) is 5.32 Å². The van der Waals surface area contributed by atoms with Crippen molar-refractivity contribution in [2.75, 3.05) is 6.54 Å². The number of hydrogen-bond acceptors (Lipinski definition) is 4. The fourth-order valence-electron chi connectivity index (χ4n) is 2.64. The fourth-order valence-corrected chi connectivity index (χ4v) is 3.55. The normalized spacial score (nSPS) is 21.4. The SMILES string of the molecule is CCC(C)NC(=O)C(C)N1CCc2sccc2C1C(=O)O. The van der Waals surface area contributed by atoms with Gasteiger partial charge in [-0.1, -0.05) is 6.92 Å². The van der Waals surface area contributed by atoms with Crippen molar-refractivity contribution in [3.63, 3.8) is 0 Å². The van der Waals surface area contributed by atoms with E-state index in [0.29, 0.717) is 6.54 Å². The lowest BCUT2D eigenvalue weighted by Gasteiger charge is -2.37. The van der Waals surface area contributed by atoms with Crippen molar-refractivity contribution < 1.29 is 14.7 Å². The number of rotatable bonds is 5. The van der Waals surface area contributed by atoms with Crippen LogP contribution in [-0.2, 0) is 16.0 Å². The largest absolute Gasteiger partial charge is 0.480 e. The fraction of sp³-hybridized carbons (Fsp3) is 0.600. The number of carboxylic acids is 1. The second-order valence-corrected chi connectivity index (χ2v) is 6.52. The first kappa shape index (κ1) is 16.0. The Bertz CT molecular complexity index is 529. The van der Waals surface area contributed by atoms with Crippen LogP contribution in [0.1, 0.15) is 43.7 Å². The molecule has 5 nitrogen and oxygen atoms in total. The number of hydrogen-bond donors (Lipinski definition) is 2. The van der Waals surface area contributed by atoms with Gasteiger partial charge in [-0.05, 0) is 43.7 Å². The summed E-state index contributed by atoms with van der Waals surface area (Å²) in [5.74, 6) is -0.994. The molecule has 1 amide bonds. The Labute approximate surface area is 129 Å². The minimum atomic E-state index is -0.891. The van der Waals surface area contributed by atoms with Crippen LogP contribution in [-0.4, -0.2) is 40.5 Å². The molecule has 0 saturated carbocycles. The van der Waals surface area contributed by atoms with Crippen LogP contribution in [0.15, 0.2) is 11.4 Å². The Morgan fingerprint density at radius 3 is 2.86 bits per heavy atom. The molecule has 1 aromatic rings. The van der Waals surface area contributed by atoms with Gasteiger partial charge in [-0.3, -0.25) is 14.5 Å². The van der Waals surface area contributed by atoms with Gasteiger partial charge in [-0.2, -0.15) is 0 Å². The van der Waals surface area contributed by atoms with Crippen molar-refractivity contribution in [2.24, 2.45) is 0 Å². The van der Waals surface area contributed by atoms with Gasteiger partial charge in [0.25, 0.3) is 0 Å². The number of fused-ring (bicyclic) bond motifs is 1. The maximum absolute atomic E-state index is 12.3. The van der Waals surface area contributed by atoms with Crippen LogP contribution in [0.25, 0.3) is 0 Å². The van der Waals surface area contributed by atoms with Crippen molar-refractivity contribution in [3.8, 4) is 0 Å². The van der Waals surface area contributed by atoms with E-state index >= 15 is 0 Å². The summed E-state index contributed by atoms with van der Waals surface area (Å²) in [5, 5.41) is 14.4. The number of nitrogens with one attached hydrogen (secondary N) is 1. The van der Waals surface area contributed by atoms with Gasteiger partial charge in [0.1, 0.15) is 6.04 Å². The molecule has 0 spiro atoms. The Balaban J connectivity index is 2.19. The van der Waals surface area contributed by atoms with Crippen molar-refractivity contribution >= 4 is 23.2 Å². The predicted molar refractivity (Wildman–Crippen MR) is 82.5 cm³/mol. The zero-order chi connectivity index (χ0) is 15.6. The van der Waals surface area contributed by atoms with Crippen molar-refractivity contribution in [2.45, 2.75) is 51.7 Å². The van der Waals surface area contributed by atoms with E-state index in [4.69, 9.17) is 0 Å². The topological polar surface area (TPSA) is 69.6 Å². The molecule has 0 radical (unpaired) electrons. The van der Waals surface area contributed by atoms with E-state index in [1.165, 1.54) is 0 Å². The molecule has 0 fully saturated rings. The molecule has 1 aliphatic heterocycles. The van der Waals surface area contributed by atoms with Gasteiger partial charge < -0.3 is 10.4 Å². The van der Waals surface area contributed by atoms with Crippen LogP contribution >= 0.6 is 11.3 Å². The summed E-state index contributed by atoms with van der Waals surface area (Å²) in [6.45, 7) is 6.34.